The molecule has 7 aromatic carbocycles. The molecule has 270 valence electrons. The van der Waals surface area contributed by atoms with Crippen molar-refractivity contribution in [3.05, 3.63) is 215 Å². The molecule has 0 fully saturated rings. The molecule has 0 N–H and O–H groups in total. The van der Waals surface area contributed by atoms with E-state index in [-0.39, 0.29) is 0 Å². The third-order valence-electron chi connectivity index (χ3n) is 9.60. The van der Waals surface area contributed by atoms with E-state index in [4.69, 9.17) is 6.57 Å². The van der Waals surface area contributed by atoms with Crippen LogP contribution in [0.15, 0.2) is 170 Å². The molecule has 0 saturated carbocycles. The number of nitriles is 1. The van der Waals surface area contributed by atoms with Gasteiger partial charge in [-0.15, -0.1) is 0 Å². The highest BCUT2D eigenvalue weighted by atomic mass is 15.1. The molecule has 0 unspecified atom stereocenters. The van der Waals surface area contributed by atoms with Crippen LogP contribution in [0.4, 0.5) is 45.5 Å². The van der Waals surface area contributed by atoms with Gasteiger partial charge >= 0.3 is 0 Å². The Balaban J connectivity index is 1.10. The second kappa shape index (κ2) is 17.0. The van der Waals surface area contributed by atoms with Crippen molar-refractivity contribution < 1.29 is 0 Å². The van der Waals surface area contributed by atoms with E-state index in [1.165, 1.54) is 5.56 Å². The summed E-state index contributed by atoms with van der Waals surface area (Å²) in [6.45, 7) is 10.0. The molecule has 0 aliphatic rings. The zero-order valence-electron chi connectivity index (χ0n) is 31.7. The largest absolute Gasteiger partial charge is 0.378 e. The summed E-state index contributed by atoms with van der Waals surface area (Å²) in [7, 11) is 4.08. The minimum absolute atomic E-state index is 0.486. The fourth-order valence-electron chi connectivity index (χ4n) is 6.57. The average Bonchev–Trinajstić information content (AvgIpc) is 3.25. The second-order valence-electron chi connectivity index (χ2n) is 13.7. The van der Waals surface area contributed by atoms with Crippen molar-refractivity contribution in [2.75, 3.05) is 28.8 Å². The Hall–Kier alpha value is -7.60. The summed E-state index contributed by atoms with van der Waals surface area (Å²) in [5.41, 5.74) is 13.1. The summed E-state index contributed by atoms with van der Waals surface area (Å²) in [5, 5.41) is 10.1. The van der Waals surface area contributed by atoms with Crippen molar-refractivity contribution in [3.63, 3.8) is 0 Å². The van der Waals surface area contributed by atoms with E-state index in [1.54, 1.807) is 12.1 Å². The first-order valence-corrected chi connectivity index (χ1v) is 18.5. The first-order valence-electron chi connectivity index (χ1n) is 18.5. The van der Waals surface area contributed by atoms with Gasteiger partial charge in [0.25, 0.3) is 0 Å². The maximum Gasteiger partial charge on any atom is 0.194 e. The molecule has 0 atom stereocenters. The maximum absolute atomic E-state index is 10.1. The standard InChI is InChI=1S/C51H41N5/c1-38-15-25-47(26-16-38)55(45-11-7-5-8-12-45)48-29-21-40(22-30-48)18-24-42-35-43(37-52)41(36-51(42)53-2)23-17-39-19-27-49(28-20-39)56(46-13-9-6-10-14-46)50-33-31-44(32-34-50)54(3)4/h5-36H,1,3-4H3/b23-17-,24-18-. The number of nitrogens with zero attached hydrogens (tertiary/aromatic N) is 5. The van der Waals surface area contributed by atoms with Gasteiger partial charge in [0.2, 0.25) is 0 Å². The van der Waals surface area contributed by atoms with Crippen LogP contribution in [0.25, 0.3) is 29.1 Å². The molecule has 0 bridgehead atoms. The quantitative estimate of drug-likeness (QED) is 0.0984. The van der Waals surface area contributed by atoms with E-state index in [1.807, 2.05) is 74.8 Å². The number of rotatable bonds is 11. The Morgan fingerprint density at radius 2 is 0.875 bits per heavy atom. The van der Waals surface area contributed by atoms with Crippen LogP contribution >= 0.6 is 0 Å². The summed E-state index contributed by atoms with van der Waals surface area (Å²) in [5.74, 6) is 0. The van der Waals surface area contributed by atoms with Gasteiger partial charge in [-0.3, -0.25) is 0 Å². The van der Waals surface area contributed by atoms with E-state index < -0.39 is 0 Å². The van der Waals surface area contributed by atoms with E-state index >= 15 is 0 Å². The van der Waals surface area contributed by atoms with Gasteiger partial charge in [0.1, 0.15) is 0 Å². The normalized spacial score (nSPS) is 10.9. The number of hydrogen-bond donors (Lipinski definition) is 0. The number of anilines is 7. The van der Waals surface area contributed by atoms with Crippen molar-refractivity contribution in [1.82, 2.24) is 0 Å². The number of benzene rings is 7. The van der Waals surface area contributed by atoms with Crippen molar-refractivity contribution >= 4 is 69.8 Å². The van der Waals surface area contributed by atoms with Crippen LogP contribution < -0.4 is 14.7 Å². The third kappa shape index (κ3) is 8.45. The topological polar surface area (TPSA) is 37.9 Å². The Kier molecular flexibility index (Phi) is 11.2. The lowest BCUT2D eigenvalue weighted by Gasteiger charge is -2.26. The summed E-state index contributed by atoms with van der Waals surface area (Å²) in [6.07, 6.45) is 7.80. The highest BCUT2D eigenvalue weighted by Crippen LogP contribution is 2.37. The maximum atomic E-state index is 10.1. The van der Waals surface area contributed by atoms with E-state index in [0.717, 1.165) is 50.9 Å². The Morgan fingerprint density at radius 3 is 1.30 bits per heavy atom. The van der Waals surface area contributed by atoms with E-state index in [9.17, 15) is 5.26 Å². The van der Waals surface area contributed by atoms with Crippen LogP contribution in [0.2, 0.25) is 0 Å². The molecule has 5 heteroatoms. The molecule has 0 aliphatic heterocycles. The highest BCUT2D eigenvalue weighted by molar-refractivity contribution is 5.84. The van der Waals surface area contributed by atoms with Crippen LogP contribution in [-0.2, 0) is 0 Å². The molecule has 7 rings (SSSR count). The predicted molar refractivity (Wildman–Crippen MR) is 237 cm³/mol. The molecule has 5 nitrogen and oxygen atoms in total. The van der Waals surface area contributed by atoms with Gasteiger partial charge in [0.15, 0.2) is 5.69 Å². The lowest BCUT2D eigenvalue weighted by Crippen LogP contribution is -2.11. The molecule has 0 heterocycles. The van der Waals surface area contributed by atoms with Gasteiger partial charge in [0.05, 0.1) is 18.2 Å². The lowest BCUT2D eigenvalue weighted by molar-refractivity contribution is 1.13. The molecule has 0 aliphatic carbocycles. The third-order valence-corrected chi connectivity index (χ3v) is 9.60. The first-order chi connectivity index (χ1) is 27.4. The summed E-state index contributed by atoms with van der Waals surface area (Å²) in [6, 6.07) is 60.3. The molecule has 0 aromatic heterocycles. The molecule has 0 radical (unpaired) electrons. The highest BCUT2D eigenvalue weighted by Gasteiger charge is 2.14. The fraction of sp³-hybridized carbons (Fsp3) is 0.0588. The molecular weight excluding hydrogens is 683 g/mol. The molecule has 0 amide bonds. The SMILES string of the molecule is [C-]#[N+]c1cc(/C=C\c2ccc(N(c3ccccc3)c3ccc(N(C)C)cc3)cc2)c(C#N)cc1/C=C\c1ccc(N(c2ccccc2)c2ccc(C)cc2)cc1. The summed E-state index contributed by atoms with van der Waals surface area (Å²) in [4.78, 5) is 10.4. The predicted octanol–water partition coefficient (Wildman–Crippen LogP) is 13.8. The van der Waals surface area contributed by atoms with Gasteiger partial charge in [-0.2, -0.15) is 5.26 Å². The average molecular weight is 724 g/mol. The van der Waals surface area contributed by atoms with Crippen LogP contribution in [0.1, 0.15) is 33.4 Å². The lowest BCUT2D eigenvalue weighted by atomic mass is 10.0. The van der Waals surface area contributed by atoms with Crippen molar-refractivity contribution in [3.8, 4) is 6.07 Å². The smallest absolute Gasteiger partial charge is 0.194 e. The number of hydrogen-bond acceptors (Lipinski definition) is 4. The summed E-state index contributed by atoms with van der Waals surface area (Å²) < 4.78 is 0. The van der Waals surface area contributed by atoms with Gasteiger partial charge in [-0.25, -0.2) is 4.85 Å². The minimum atomic E-state index is 0.486. The van der Waals surface area contributed by atoms with Crippen molar-refractivity contribution in [2.24, 2.45) is 0 Å². The van der Waals surface area contributed by atoms with Gasteiger partial charge in [-0.1, -0.05) is 103 Å². The van der Waals surface area contributed by atoms with Crippen LogP contribution in [-0.4, -0.2) is 14.1 Å². The van der Waals surface area contributed by atoms with Gasteiger partial charge in [0, 0.05) is 53.9 Å². The Morgan fingerprint density at radius 1 is 0.482 bits per heavy atom. The van der Waals surface area contributed by atoms with Crippen LogP contribution in [0, 0.1) is 24.8 Å². The first kappa shape index (κ1) is 36.7. The van der Waals surface area contributed by atoms with Crippen molar-refractivity contribution in [2.45, 2.75) is 6.92 Å². The summed E-state index contributed by atoms with van der Waals surface area (Å²) >= 11 is 0. The van der Waals surface area contributed by atoms with Gasteiger partial charge in [-0.05, 0) is 126 Å². The second-order valence-corrected chi connectivity index (χ2v) is 13.7. The Labute approximate surface area is 330 Å². The van der Waals surface area contributed by atoms with Crippen LogP contribution in [0.5, 0.6) is 0 Å². The number of aryl methyl sites for hydroxylation is 1. The molecule has 0 saturated heterocycles. The van der Waals surface area contributed by atoms with Crippen LogP contribution in [0.3, 0.4) is 0 Å². The van der Waals surface area contributed by atoms with Gasteiger partial charge < -0.3 is 14.7 Å². The molecule has 0 spiro atoms. The monoisotopic (exact) mass is 723 g/mol. The minimum Gasteiger partial charge on any atom is -0.378 e. The Bertz CT molecular complexity index is 2540. The zero-order valence-corrected chi connectivity index (χ0v) is 31.7. The molecule has 7 aromatic rings. The van der Waals surface area contributed by atoms with E-state index in [2.05, 4.69) is 154 Å². The molecule has 56 heavy (non-hydrogen) atoms. The number of para-hydroxylation sites is 2. The van der Waals surface area contributed by atoms with Crippen molar-refractivity contribution in [1.29, 1.82) is 5.26 Å². The fourth-order valence-corrected chi connectivity index (χ4v) is 6.57. The van der Waals surface area contributed by atoms with E-state index in [0.29, 0.717) is 22.4 Å². The molecular formula is C51H41N5. The zero-order chi connectivity index (χ0) is 38.9.